The van der Waals surface area contributed by atoms with Gasteiger partial charge in [0.15, 0.2) is 0 Å². The van der Waals surface area contributed by atoms with E-state index in [1.54, 1.807) is 12.1 Å². The molecule has 0 amide bonds. The second-order valence-electron chi connectivity index (χ2n) is 4.42. The SMILES string of the molecule is CCC1CCN(c2ccc(F)cc2CBr)C1. The first-order chi connectivity index (χ1) is 7.74. The number of benzene rings is 1. The maximum atomic E-state index is 13.1. The van der Waals surface area contributed by atoms with Crippen molar-refractivity contribution in [3.8, 4) is 0 Å². The summed E-state index contributed by atoms with van der Waals surface area (Å²) in [6.45, 7) is 4.45. The minimum atomic E-state index is -0.149. The van der Waals surface area contributed by atoms with Crippen LogP contribution in [0.2, 0.25) is 0 Å². The summed E-state index contributed by atoms with van der Waals surface area (Å²) in [5, 5.41) is 0.716. The smallest absolute Gasteiger partial charge is 0.123 e. The number of halogens is 2. The summed E-state index contributed by atoms with van der Waals surface area (Å²) in [5.74, 6) is 0.651. The van der Waals surface area contributed by atoms with Gasteiger partial charge in [0.05, 0.1) is 0 Å². The molecule has 0 N–H and O–H groups in total. The molecule has 1 aromatic rings. The zero-order valence-corrected chi connectivity index (χ0v) is 11.1. The molecule has 1 aliphatic rings. The summed E-state index contributed by atoms with van der Waals surface area (Å²) < 4.78 is 13.1. The maximum Gasteiger partial charge on any atom is 0.123 e. The third-order valence-electron chi connectivity index (χ3n) is 3.39. The third kappa shape index (κ3) is 2.40. The van der Waals surface area contributed by atoms with Crippen LogP contribution in [0.4, 0.5) is 10.1 Å². The standard InChI is InChI=1S/C13H17BrFN/c1-2-10-5-6-16(9-10)13-4-3-12(15)7-11(13)8-14/h3-4,7,10H,2,5-6,8-9H2,1H3. The number of nitrogens with zero attached hydrogens (tertiary/aromatic N) is 1. The lowest BCUT2D eigenvalue weighted by atomic mass is 10.1. The molecule has 0 aliphatic carbocycles. The van der Waals surface area contributed by atoms with Gasteiger partial charge in [0.2, 0.25) is 0 Å². The van der Waals surface area contributed by atoms with E-state index in [1.807, 2.05) is 6.07 Å². The Kier molecular flexibility index (Phi) is 3.85. The minimum Gasteiger partial charge on any atom is -0.371 e. The molecule has 16 heavy (non-hydrogen) atoms. The number of alkyl halides is 1. The van der Waals surface area contributed by atoms with E-state index in [0.717, 1.165) is 24.6 Å². The lowest BCUT2D eigenvalue weighted by Gasteiger charge is -2.21. The molecule has 3 heteroatoms. The monoisotopic (exact) mass is 285 g/mol. The van der Waals surface area contributed by atoms with E-state index in [9.17, 15) is 4.39 Å². The molecule has 1 heterocycles. The van der Waals surface area contributed by atoms with Crippen LogP contribution in [0.1, 0.15) is 25.3 Å². The largest absolute Gasteiger partial charge is 0.371 e. The first-order valence-corrected chi connectivity index (χ1v) is 6.96. The van der Waals surface area contributed by atoms with Gasteiger partial charge < -0.3 is 4.90 Å². The van der Waals surface area contributed by atoms with E-state index in [0.29, 0.717) is 5.33 Å². The summed E-state index contributed by atoms with van der Waals surface area (Å²) >= 11 is 3.43. The van der Waals surface area contributed by atoms with Crippen molar-refractivity contribution in [1.82, 2.24) is 0 Å². The topological polar surface area (TPSA) is 3.24 Å². The zero-order chi connectivity index (χ0) is 11.5. The van der Waals surface area contributed by atoms with Crippen LogP contribution in [-0.2, 0) is 5.33 Å². The molecule has 0 spiro atoms. The quantitative estimate of drug-likeness (QED) is 0.760. The Morgan fingerprint density at radius 3 is 2.94 bits per heavy atom. The second kappa shape index (κ2) is 5.17. The second-order valence-corrected chi connectivity index (χ2v) is 4.98. The van der Waals surface area contributed by atoms with Crippen LogP contribution < -0.4 is 4.90 Å². The molecule has 1 aromatic carbocycles. The third-order valence-corrected chi connectivity index (χ3v) is 3.99. The molecule has 1 fully saturated rings. The number of hydrogen-bond acceptors (Lipinski definition) is 1. The average Bonchev–Trinajstić information content (AvgIpc) is 2.77. The predicted octanol–water partition coefficient (Wildman–Crippen LogP) is 3.96. The van der Waals surface area contributed by atoms with Crippen molar-refractivity contribution in [2.45, 2.75) is 25.1 Å². The van der Waals surface area contributed by atoms with Gasteiger partial charge in [-0.05, 0) is 36.1 Å². The first-order valence-electron chi connectivity index (χ1n) is 5.84. The Bertz CT molecular complexity index is 367. The van der Waals surface area contributed by atoms with E-state index < -0.39 is 0 Å². The fraction of sp³-hybridized carbons (Fsp3) is 0.538. The molecule has 0 saturated carbocycles. The summed E-state index contributed by atoms with van der Waals surface area (Å²) in [5.41, 5.74) is 2.24. The normalized spacial score (nSPS) is 20.4. The Labute approximate surface area is 105 Å². The van der Waals surface area contributed by atoms with Crippen LogP contribution >= 0.6 is 15.9 Å². The van der Waals surface area contributed by atoms with Crippen LogP contribution in [0, 0.1) is 11.7 Å². The summed E-state index contributed by atoms with van der Waals surface area (Å²) in [6.07, 6.45) is 2.50. The molecule has 1 nitrogen and oxygen atoms in total. The predicted molar refractivity (Wildman–Crippen MR) is 69.6 cm³/mol. The highest BCUT2D eigenvalue weighted by atomic mass is 79.9. The molecule has 0 radical (unpaired) electrons. The van der Waals surface area contributed by atoms with Gasteiger partial charge in [-0.2, -0.15) is 0 Å². The fourth-order valence-corrected chi connectivity index (χ4v) is 2.80. The lowest BCUT2D eigenvalue weighted by Crippen LogP contribution is -2.20. The molecular weight excluding hydrogens is 269 g/mol. The molecule has 2 rings (SSSR count). The highest BCUT2D eigenvalue weighted by Gasteiger charge is 2.22. The van der Waals surface area contributed by atoms with Crippen LogP contribution in [-0.4, -0.2) is 13.1 Å². The molecule has 1 atom stereocenters. The summed E-state index contributed by atoms with van der Waals surface area (Å²) in [6, 6.07) is 5.09. The van der Waals surface area contributed by atoms with Gasteiger partial charge in [0.1, 0.15) is 5.82 Å². The molecule has 88 valence electrons. The molecule has 1 unspecified atom stereocenters. The highest BCUT2D eigenvalue weighted by molar-refractivity contribution is 9.08. The van der Waals surface area contributed by atoms with Gasteiger partial charge in [0, 0.05) is 24.1 Å². The van der Waals surface area contributed by atoms with Crippen LogP contribution in [0.25, 0.3) is 0 Å². The Hall–Kier alpha value is -0.570. The van der Waals surface area contributed by atoms with Gasteiger partial charge in [-0.25, -0.2) is 4.39 Å². The van der Waals surface area contributed by atoms with Gasteiger partial charge in [-0.15, -0.1) is 0 Å². The number of anilines is 1. The first kappa shape index (κ1) is 11.9. The number of hydrogen-bond donors (Lipinski definition) is 0. The molecular formula is C13H17BrFN. The van der Waals surface area contributed by atoms with Crippen LogP contribution in [0.3, 0.4) is 0 Å². The molecule has 0 bridgehead atoms. The van der Waals surface area contributed by atoms with Crippen LogP contribution in [0.5, 0.6) is 0 Å². The van der Waals surface area contributed by atoms with Crippen LogP contribution in [0.15, 0.2) is 18.2 Å². The van der Waals surface area contributed by atoms with E-state index in [4.69, 9.17) is 0 Å². The van der Waals surface area contributed by atoms with E-state index in [-0.39, 0.29) is 5.82 Å². The van der Waals surface area contributed by atoms with E-state index in [1.165, 1.54) is 18.5 Å². The zero-order valence-electron chi connectivity index (χ0n) is 9.55. The van der Waals surface area contributed by atoms with Gasteiger partial charge in [-0.3, -0.25) is 0 Å². The maximum absolute atomic E-state index is 13.1. The van der Waals surface area contributed by atoms with Crippen molar-refractivity contribution in [3.63, 3.8) is 0 Å². The van der Waals surface area contributed by atoms with Crippen molar-refractivity contribution in [1.29, 1.82) is 0 Å². The molecule has 1 saturated heterocycles. The van der Waals surface area contributed by atoms with Gasteiger partial charge in [0.25, 0.3) is 0 Å². The van der Waals surface area contributed by atoms with Crippen molar-refractivity contribution >= 4 is 21.6 Å². The molecule has 0 aromatic heterocycles. The van der Waals surface area contributed by atoms with Crippen molar-refractivity contribution < 1.29 is 4.39 Å². The minimum absolute atomic E-state index is 0.149. The average molecular weight is 286 g/mol. The summed E-state index contributed by atoms with van der Waals surface area (Å²) in [4.78, 5) is 2.38. The number of rotatable bonds is 3. The molecule has 1 aliphatic heterocycles. The lowest BCUT2D eigenvalue weighted by molar-refractivity contribution is 0.569. The van der Waals surface area contributed by atoms with Crippen molar-refractivity contribution in [2.24, 2.45) is 5.92 Å². The highest BCUT2D eigenvalue weighted by Crippen LogP contribution is 2.30. The van der Waals surface area contributed by atoms with Gasteiger partial charge >= 0.3 is 0 Å². The van der Waals surface area contributed by atoms with E-state index in [2.05, 4.69) is 27.8 Å². The Morgan fingerprint density at radius 2 is 2.31 bits per heavy atom. The fourth-order valence-electron chi connectivity index (χ4n) is 2.35. The summed E-state index contributed by atoms with van der Waals surface area (Å²) in [7, 11) is 0. The van der Waals surface area contributed by atoms with E-state index >= 15 is 0 Å². The Morgan fingerprint density at radius 1 is 1.50 bits per heavy atom. The van der Waals surface area contributed by atoms with Crippen molar-refractivity contribution in [2.75, 3.05) is 18.0 Å². The van der Waals surface area contributed by atoms with Gasteiger partial charge in [-0.1, -0.05) is 29.3 Å². The Balaban J connectivity index is 2.20. The van der Waals surface area contributed by atoms with Crippen molar-refractivity contribution in [3.05, 3.63) is 29.6 Å².